The molecule has 102 valence electrons. The predicted octanol–water partition coefficient (Wildman–Crippen LogP) is 3.10. The van der Waals surface area contributed by atoms with Crippen molar-refractivity contribution in [3.05, 3.63) is 53.6 Å². The van der Waals surface area contributed by atoms with Gasteiger partial charge in [0.1, 0.15) is 5.82 Å². The van der Waals surface area contributed by atoms with Crippen LogP contribution in [0, 0.1) is 6.92 Å². The highest BCUT2D eigenvalue weighted by atomic mass is 15.1. The second-order valence-electron chi connectivity index (χ2n) is 4.85. The molecule has 1 aromatic carbocycles. The fourth-order valence-corrected chi connectivity index (χ4v) is 2.35. The van der Waals surface area contributed by atoms with Gasteiger partial charge < -0.3 is 9.88 Å². The monoisotopic (exact) mass is 257 g/mol. The molecule has 0 fully saturated rings. The summed E-state index contributed by atoms with van der Waals surface area (Å²) in [5.41, 5.74) is 2.63. The molecule has 0 radical (unpaired) electrons. The van der Waals surface area contributed by atoms with Crippen molar-refractivity contribution in [1.82, 2.24) is 14.9 Å². The number of rotatable bonds is 6. The Bertz CT molecular complexity index is 499. The number of nitrogens with one attached hydrogen (secondary N) is 1. The number of aryl methyl sites for hydroxylation is 2. The van der Waals surface area contributed by atoms with E-state index in [4.69, 9.17) is 0 Å². The first-order valence-corrected chi connectivity index (χ1v) is 7.04. The summed E-state index contributed by atoms with van der Waals surface area (Å²) in [6.07, 6.45) is 4.86. The maximum atomic E-state index is 4.48. The molecule has 0 amide bonds. The van der Waals surface area contributed by atoms with Crippen LogP contribution in [0.15, 0.2) is 36.7 Å². The topological polar surface area (TPSA) is 29.9 Å². The van der Waals surface area contributed by atoms with E-state index in [1.54, 1.807) is 0 Å². The van der Waals surface area contributed by atoms with E-state index in [1.807, 2.05) is 12.4 Å². The number of nitrogens with zero attached hydrogens (tertiary/aromatic N) is 2. The van der Waals surface area contributed by atoms with Gasteiger partial charge in [-0.05, 0) is 26.0 Å². The SMILES string of the molecule is CCNC(Cc1nccn1CC)c1ccc(C)cc1. The van der Waals surface area contributed by atoms with Crippen molar-refractivity contribution in [3.63, 3.8) is 0 Å². The minimum atomic E-state index is 0.332. The molecule has 3 heteroatoms. The molecule has 0 aliphatic carbocycles. The van der Waals surface area contributed by atoms with Crippen molar-refractivity contribution >= 4 is 0 Å². The van der Waals surface area contributed by atoms with E-state index >= 15 is 0 Å². The van der Waals surface area contributed by atoms with E-state index in [0.717, 1.165) is 25.3 Å². The van der Waals surface area contributed by atoms with Gasteiger partial charge in [-0.15, -0.1) is 0 Å². The van der Waals surface area contributed by atoms with Gasteiger partial charge in [0.15, 0.2) is 0 Å². The highest BCUT2D eigenvalue weighted by Crippen LogP contribution is 2.18. The molecule has 0 spiro atoms. The van der Waals surface area contributed by atoms with Crippen LogP contribution in [-0.4, -0.2) is 16.1 Å². The molecular weight excluding hydrogens is 234 g/mol. The zero-order valence-electron chi connectivity index (χ0n) is 12.1. The first-order chi connectivity index (χ1) is 9.24. The van der Waals surface area contributed by atoms with Gasteiger partial charge >= 0.3 is 0 Å². The zero-order chi connectivity index (χ0) is 13.7. The van der Waals surface area contributed by atoms with Crippen LogP contribution in [0.5, 0.6) is 0 Å². The Hall–Kier alpha value is -1.61. The molecule has 3 nitrogen and oxygen atoms in total. The van der Waals surface area contributed by atoms with E-state index in [0.29, 0.717) is 6.04 Å². The van der Waals surface area contributed by atoms with Crippen molar-refractivity contribution < 1.29 is 0 Å². The lowest BCUT2D eigenvalue weighted by Crippen LogP contribution is -2.24. The summed E-state index contributed by atoms with van der Waals surface area (Å²) in [7, 11) is 0. The minimum absolute atomic E-state index is 0.332. The van der Waals surface area contributed by atoms with Gasteiger partial charge in [0, 0.05) is 31.4 Å². The zero-order valence-corrected chi connectivity index (χ0v) is 12.1. The van der Waals surface area contributed by atoms with Gasteiger partial charge in [-0.2, -0.15) is 0 Å². The highest BCUT2D eigenvalue weighted by molar-refractivity contribution is 5.25. The normalized spacial score (nSPS) is 12.6. The standard InChI is InChI=1S/C16H23N3/c1-4-17-15(14-8-6-13(3)7-9-14)12-16-18-10-11-19(16)5-2/h6-11,15,17H,4-5,12H2,1-3H3. The number of likely N-dealkylation sites (N-methyl/N-ethyl adjacent to an activating group) is 1. The van der Waals surface area contributed by atoms with Gasteiger partial charge in [-0.3, -0.25) is 0 Å². The maximum Gasteiger partial charge on any atom is 0.110 e. The van der Waals surface area contributed by atoms with E-state index < -0.39 is 0 Å². The van der Waals surface area contributed by atoms with E-state index in [1.165, 1.54) is 11.1 Å². The molecule has 2 aromatic rings. The molecule has 19 heavy (non-hydrogen) atoms. The number of hydrogen-bond donors (Lipinski definition) is 1. The van der Waals surface area contributed by atoms with Crippen molar-refractivity contribution in [3.8, 4) is 0 Å². The van der Waals surface area contributed by atoms with Gasteiger partial charge in [0.05, 0.1) is 0 Å². The second kappa shape index (κ2) is 6.53. The number of benzene rings is 1. The summed E-state index contributed by atoms with van der Waals surface area (Å²) < 4.78 is 2.21. The minimum Gasteiger partial charge on any atom is -0.335 e. The number of imidazole rings is 1. The van der Waals surface area contributed by atoms with Gasteiger partial charge in [-0.1, -0.05) is 36.8 Å². The summed E-state index contributed by atoms with van der Waals surface area (Å²) in [5, 5.41) is 3.55. The summed E-state index contributed by atoms with van der Waals surface area (Å²) in [5.74, 6) is 1.15. The Morgan fingerprint density at radius 1 is 1.21 bits per heavy atom. The third kappa shape index (κ3) is 3.44. The van der Waals surface area contributed by atoms with Crippen molar-refractivity contribution in [2.75, 3.05) is 6.54 Å². The summed E-state index contributed by atoms with van der Waals surface area (Å²) >= 11 is 0. The third-order valence-electron chi connectivity index (χ3n) is 3.46. The average molecular weight is 257 g/mol. The predicted molar refractivity (Wildman–Crippen MR) is 79.2 cm³/mol. The summed E-state index contributed by atoms with van der Waals surface area (Å²) in [4.78, 5) is 4.48. The molecule has 2 rings (SSSR count). The summed E-state index contributed by atoms with van der Waals surface area (Å²) in [6.45, 7) is 8.36. The van der Waals surface area contributed by atoms with Crippen LogP contribution < -0.4 is 5.32 Å². The third-order valence-corrected chi connectivity index (χ3v) is 3.46. The van der Waals surface area contributed by atoms with Crippen LogP contribution in [-0.2, 0) is 13.0 Å². The molecule has 1 heterocycles. The van der Waals surface area contributed by atoms with Gasteiger partial charge in [0.25, 0.3) is 0 Å². The van der Waals surface area contributed by atoms with E-state index in [9.17, 15) is 0 Å². The van der Waals surface area contributed by atoms with E-state index in [-0.39, 0.29) is 0 Å². The molecule has 0 aliphatic heterocycles. The fraction of sp³-hybridized carbons (Fsp3) is 0.438. The number of aromatic nitrogens is 2. The lowest BCUT2D eigenvalue weighted by Gasteiger charge is -2.19. The Kier molecular flexibility index (Phi) is 4.74. The Morgan fingerprint density at radius 3 is 2.58 bits per heavy atom. The molecule has 1 N–H and O–H groups in total. The fourth-order valence-electron chi connectivity index (χ4n) is 2.35. The molecule has 1 aromatic heterocycles. The maximum absolute atomic E-state index is 4.48. The van der Waals surface area contributed by atoms with Crippen LogP contribution in [0.2, 0.25) is 0 Å². The molecule has 0 bridgehead atoms. The van der Waals surface area contributed by atoms with Crippen LogP contribution in [0.4, 0.5) is 0 Å². The Morgan fingerprint density at radius 2 is 1.95 bits per heavy atom. The van der Waals surface area contributed by atoms with Gasteiger partial charge in [-0.25, -0.2) is 4.98 Å². The van der Waals surface area contributed by atoms with E-state index in [2.05, 4.69) is 59.9 Å². The van der Waals surface area contributed by atoms with Crippen LogP contribution in [0.1, 0.15) is 36.8 Å². The lowest BCUT2D eigenvalue weighted by atomic mass is 10.0. The van der Waals surface area contributed by atoms with Crippen LogP contribution in [0.25, 0.3) is 0 Å². The highest BCUT2D eigenvalue weighted by Gasteiger charge is 2.13. The smallest absolute Gasteiger partial charge is 0.110 e. The molecule has 0 aliphatic rings. The molecule has 1 atom stereocenters. The molecule has 0 saturated carbocycles. The molecule has 0 saturated heterocycles. The summed E-state index contributed by atoms with van der Waals surface area (Å²) in [6, 6.07) is 9.10. The Labute approximate surface area is 115 Å². The molecule has 1 unspecified atom stereocenters. The first-order valence-electron chi connectivity index (χ1n) is 7.04. The van der Waals surface area contributed by atoms with Crippen LogP contribution >= 0.6 is 0 Å². The average Bonchev–Trinajstić information content (AvgIpc) is 2.86. The molecular formula is C16H23N3. The van der Waals surface area contributed by atoms with Crippen molar-refractivity contribution in [2.24, 2.45) is 0 Å². The Balaban J connectivity index is 2.18. The first kappa shape index (κ1) is 13.8. The van der Waals surface area contributed by atoms with Gasteiger partial charge in [0.2, 0.25) is 0 Å². The van der Waals surface area contributed by atoms with Crippen molar-refractivity contribution in [1.29, 1.82) is 0 Å². The quantitative estimate of drug-likeness (QED) is 0.861. The largest absolute Gasteiger partial charge is 0.335 e. The van der Waals surface area contributed by atoms with Crippen molar-refractivity contribution in [2.45, 2.75) is 39.8 Å². The number of hydrogen-bond acceptors (Lipinski definition) is 2. The second-order valence-corrected chi connectivity index (χ2v) is 4.85. The van der Waals surface area contributed by atoms with Crippen LogP contribution in [0.3, 0.4) is 0 Å². The lowest BCUT2D eigenvalue weighted by molar-refractivity contribution is 0.522.